The molecule has 1 unspecified atom stereocenters. The number of unbranched alkanes of at least 4 members (excludes halogenated alkanes) is 1. The normalized spacial score (nSPS) is 17.1. The van der Waals surface area contributed by atoms with Crippen molar-refractivity contribution >= 4 is 30.1 Å². The number of nitrogens with zero attached hydrogens (tertiary/aromatic N) is 2. The van der Waals surface area contributed by atoms with Gasteiger partial charge in [0.05, 0.1) is 12.0 Å². The summed E-state index contributed by atoms with van der Waals surface area (Å²) in [7, 11) is 0. The van der Waals surface area contributed by atoms with Crippen LogP contribution in [0.1, 0.15) is 44.8 Å². The van der Waals surface area contributed by atoms with Crippen molar-refractivity contribution in [1.29, 1.82) is 0 Å². The van der Waals surface area contributed by atoms with Gasteiger partial charge in [-0.25, -0.2) is 0 Å². The second kappa shape index (κ2) is 9.64. The summed E-state index contributed by atoms with van der Waals surface area (Å²) < 4.78 is 4.97. The van der Waals surface area contributed by atoms with E-state index in [-0.39, 0.29) is 30.3 Å². The van der Waals surface area contributed by atoms with E-state index in [1.165, 1.54) is 0 Å². The van der Waals surface area contributed by atoms with Crippen LogP contribution in [0, 0.1) is 12.8 Å². The third-order valence-corrected chi connectivity index (χ3v) is 4.33. The fourth-order valence-electron chi connectivity index (χ4n) is 2.97. The molecule has 2 heterocycles. The van der Waals surface area contributed by atoms with Crippen LogP contribution in [0.15, 0.2) is 10.6 Å². The van der Waals surface area contributed by atoms with Gasteiger partial charge in [0, 0.05) is 6.07 Å². The van der Waals surface area contributed by atoms with Gasteiger partial charge >= 0.3 is 5.97 Å². The summed E-state index contributed by atoms with van der Waals surface area (Å²) in [6.07, 6.45) is 3.91. The first kappa shape index (κ1) is 20.4. The molecule has 1 amide bonds. The van der Waals surface area contributed by atoms with Gasteiger partial charge in [0.1, 0.15) is 5.76 Å². The Morgan fingerprint density at radius 2 is 2.12 bits per heavy atom. The van der Waals surface area contributed by atoms with E-state index in [2.05, 4.69) is 22.3 Å². The highest BCUT2D eigenvalue weighted by Crippen LogP contribution is 2.22. The average molecular weight is 360 g/mol. The SMILES string of the molecule is CCCCC(C(=O)Nc1cc(C)on1)N1CCC(C(=O)O)CC1.Cl. The van der Waals surface area contributed by atoms with Crippen LogP contribution in [0.2, 0.25) is 0 Å². The van der Waals surface area contributed by atoms with Gasteiger partial charge in [0.2, 0.25) is 5.91 Å². The number of aryl methyl sites for hydroxylation is 1. The largest absolute Gasteiger partial charge is 0.481 e. The first-order valence-corrected chi connectivity index (χ1v) is 8.22. The van der Waals surface area contributed by atoms with Crippen molar-refractivity contribution in [2.45, 2.75) is 52.0 Å². The summed E-state index contributed by atoms with van der Waals surface area (Å²) in [6, 6.07) is 1.44. The number of piperidine rings is 1. The summed E-state index contributed by atoms with van der Waals surface area (Å²) in [4.78, 5) is 25.8. The Hall–Kier alpha value is -1.60. The van der Waals surface area contributed by atoms with Crippen molar-refractivity contribution in [3.8, 4) is 0 Å². The molecule has 2 N–H and O–H groups in total. The molecule has 1 fully saturated rings. The van der Waals surface area contributed by atoms with Gasteiger partial charge in [-0.2, -0.15) is 0 Å². The number of nitrogens with one attached hydrogen (secondary N) is 1. The van der Waals surface area contributed by atoms with Gasteiger partial charge in [-0.3, -0.25) is 14.5 Å². The quantitative estimate of drug-likeness (QED) is 0.777. The van der Waals surface area contributed by atoms with Crippen molar-refractivity contribution in [1.82, 2.24) is 10.1 Å². The number of aliphatic carboxylic acids is 1. The van der Waals surface area contributed by atoms with E-state index in [1.807, 2.05) is 0 Å². The van der Waals surface area contributed by atoms with Gasteiger partial charge in [-0.05, 0) is 39.3 Å². The Bertz CT molecular complexity index is 541. The van der Waals surface area contributed by atoms with E-state index < -0.39 is 5.97 Å². The molecule has 0 aliphatic carbocycles. The maximum absolute atomic E-state index is 12.6. The van der Waals surface area contributed by atoms with E-state index in [9.17, 15) is 9.59 Å². The molecule has 1 aliphatic rings. The fraction of sp³-hybridized carbons (Fsp3) is 0.688. The number of carboxylic acid groups (broad SMARTS) is 1. The summed E-state index contributed by atoms with van der Waals surface area (Å²) >= 11 is 0. The second-order valence-electron chi connectivity index (χ2n) is 6.12. The van der Waals surface area contributed by atoms with Crippen molar-refractivity contribution < 1.29 is 19.2 Å². The molecule has 0 saturated carbocycles. The minimum atomic E-state index is -0.739. The molecule has 1 saturated heterocycles. The van der Waals surface area contributed by atoms with Crippen LogP contribution in [0.3, 0.4) is 0 Å². The van der Waals surface area contributed by atoms with Crippen LogP contribution < -0.4 is 5.32 Å². The zero-order valence-corrected chi connectivity index (χ0v) is 15.0. The summed E-state index contributed by atoms with van der Waals surface area (Å²) in [6.45, 7) is 5.13. The molecular weight excluding hydrogens is 334 g/mol. The predicted molar refractivity (Wildman–Crippen MR) is 92.4 cm³/mol. The molecule has 136 valence electrons. The highest BCUT2D eigenvalue weighted by molar-refractivity contribution is 5.94. The molecule has 24 heavy (non-hydrogen) atoms. The number of carboxylic acids is 1. The van der Waals surface area contributed by atoms with Crippen LogP contribution in [0.4, 0.5) is 5.82 Å². The highest BCUT2D eigenvalue weighted by atomic mass is 35.5. The van der Waals surface area contributed by atoms with Crippen molar-refractivity contribution in [3.05, 3.63) is 11.8 Å². The second-order valence-corrected chi connectivity index (χ2v) is 6.12. The molecule has 0 bridgehead atoms. The lowest BCUT2D eigenvalue weighted by Crippen LogP contribution is -2.48. The molecule has 1 atom stereocenters. The van der Waals surface area contributed by atoms with Crippen LogP contribution in [-0.2, 0) is 9.59 Å². The lowest BCUT2D eigenvalue weighted by molar-refractivity contribution is -0.143. The Kier molecular flexibility index (Phi) is 8.21. The Morgan fingerprint density at radius 1 is 1.46 bits per heavy atom. The first-order valence-electron chi connectivity index (χ1n) is 8.22. The fourth-order valence-corrected chi connectivity index (χ4v) is 2.97. The van der Waals surface area contributed by atoms with E-state index in [0.29, 0.717) is 37.5 Å². The van der Waals surface area contributed by atoms with Crippen molar-refractivity contribution in [2.75, 3.05) is 18.4 Å². The predicted octanol–water partition coefficient (Wildman–Crippen LogP) is 2.70. The topological polar surface area (TPSA) is 95.7 Å². The zero-order valence-electron chi connectivity index (χ0n) is 14.2. The summed E-state index contributed by atoms with van der Waals surface area (Å²) in [5, 5.41) is 15.7. The molecule has 2 rings (SSSR count). The smallest absolute Gasteiger partial charge is 0.306 e. The molecule has 0 spiro atoms. The van der Waals surface area contributed by atoms with Crippen molar-refractivity contribution in [3.63, 3.8) is 0 Å². The van der Waals surface area contributed by atoms with E-state index in [1.54, 1.807) is 13.0 Å². The number of carbonyl (C=O) groups is 2. The molecule has 1 aromatic rings. The highest BCUT2D eigenvalue weighted by Gasteiger charge is 2.31. The Balaban J connectivity index is 0.00000288. The number of aromatic nitrogens is 1. The zero-order chi connectivity index (χ0) is 16.8. The lowest BCUT2D eigenvalue weighted by atomic mass is 9.94. The van der Waals surface area contributed by atoms with Gasteiger partial charge in [0.15, 0.2) is 5.82 Å². The lowest BCUT2D eigenvalue weighted by Gasteiger charge is -2.35. The Morgan fingerprint density at radius 3 is 2.62 bits per heavy atom. The number of likely N-dealkylation sites (tertiary alicyclic amines) is 1. The standard InChI is InChI=1S/C16H25N3O4.ClH/c1-3-4-5-13(15(20)17-14-10-11(2)23-18-14)19-8-6-12(7-9-19)16(21)22;/h10,12-13H,3-9H2,1-2H3,(H,21,22)(H,17,18,20);1H. The maximum atomic E-state index is 12.6. The number of hydrogen-bond acceptors (Lipinski definition) is 5. The number of amides is 1. The molecule has 7 nitrogen and oxygen atoms in total. The molecule has 0 aromatic carbocycles. The third kappa shape index (κ3) is 5.49. The molecule has 8 heteroatoms. The van der Waals surface area contributed by atoms with Gasteiger partial charge in [-0.1, -0.05) is 24.9 Å². The molecular formula is C16H26ClN3O4. The minimum absolute atomic E-state index is 0. The van der Waals surface area contributed by atoms with Crippen LogP contribution in [-0.4, -0.2) is 46.2 Å². The number of halogens is 1. The van der Waals surface area contributed by atoms with Gasteiger partial charge < -0.3 is 14.9 Å². The van der Waals surface area contributed by atoms with E-state index >= 15 is 0 Å². The number of anilines is 1. The Labute approximate surface area is 148 Å². The first-order chi connectivity index (χ1) is 11.0. The molecule has 1 aliphatic heterocycles. The van der Waals surface area contributed by atoms with Gasteiger partial charge in [0.25, 0.3) is 0 Å². The number of carbonyl (C=O) groups excluding carboxylic acids is 1. The summed E-state index contributed by atoms with van der Waals surface area (Å²) in [5.41, 5.74) is 0. The number of rotatable bonds is 7. The molecule has 0 radical (unpaired) electrons. The maximum Gasteiger partial charge on any atom is 0.306 e. The van der Waals surface area contributed by atoms with Crippen LogP contribution in [0.5, 0.6) is 0 Å². The summed E-state index contributed by atoms with van der Waals surface area (Å²) in [5.74, 6) is -0.0563. The van der Waals surface area contributed by atoms with Crippen molar-refractivity contribution in [2.24, 2.45) is 5.92 Å². The van der Waals surface area contributed by atoms with Crippen LogP contribution in [0.25, 0.3) is 0 Å². The monoisotopic (exact) mass is 359 g/mol. The molecule has 1 aromatic heterocycles. The number of hydrogen-bond donors (Lipinski definition) is 2. The van der Waals surface area contributed by atoms with E-state index in [4.69, 9.17) is 9.63 Å². The van der Waals surface area contributed by atoms with Gasteiger partial charge in [-0.15, -0.1) is 12.4 Å². The average Bonchev–Trinajstić information content (AvgIpc) is 2.93. The third-order valence-electron chi connectivity index (χ3n) is 4.33. The van der Waals surface area contributed by atoms with Crippen LogP contribution >= 0.6 is 12.4 Å². The van der Waals surface area contributed by atoms with E-state index in [0.717, 1.165) is 19.3 Å². The minimum Gasteiger partial charge on any atom is -0.481 e.